The van der Waals surface area contributed by atoms with Crippen molar-refractivity contribution in [2.24, 2.45) is 0 Å². The Morgan fingerprint density at radius 2 is 1.83 bits per heavy atom. The zero-order valence-corrected chi connectivity index (χ0v) is 10.9. The lowest BCUT2D eigenvalue weighted by Gasteiger charge is -2.06. The fraction of sp³-hybridized carbons (Fsp3) is 0.0769. The van der Waals surface area contributed by atoms with E-state index in [-0.39, 0.29) is 12.3 Å². The van der Waals surface area contributed by atoms with Gasteiger partial charge in [-0.25, -0.2) is 4.98 Å². The number of hydrogen-bond acceptors (Lipinski definition) is 2. The van der Waals surface area contributed by atoms with E-state index in [1.807, 2.05) is 18.2 Å². The maximum Gasteiger partial charge on any atom is 0.230 e. The molecular weight excluding hydrogens is 271 g/mol. The first-order chi connectivity index (χ1) is 8.66. The van der Waals surface area contributed by atoms with Crippen molar-refractivity contribution in [2.45, 2.75) is 6.42 Å². The molecule has 5 heteroatoms. The second kappa shape index (κ2) is 5.85. The Bertz CT molecular complexity index is 523. The number of carbonyl (C=O) groups is 1. The monoisotopic (exact) mass is 280 g/mol. The normalized spacial score (nSPS) is 10.1. The van der Waals surface area contributed by atoms with Crippen molar-refractivity contribution in [3.63, 3.8) is 0 Å². The van der Waals surface area contributed by atoms with E-state index in [1.54, 1.807) is 24.4 Å². The summed E-state index contributed by atoms with van der Waals surface area (Å²) in [5, 5.41) is 3.62. The van der Waals surface area contributed by atoms with Gasteiger partial charge in [0.1, 0.15) is 0 Å². The predicted octanol–water partition coefficient (Wildman–Crippen LogP) is 3.57. The van der Waals surface area contributed by atoms with Crippen LogP contribution in [0.3, 0.4) is 0 Å². The van der Waals surface area contributed by atoms with E-state index in [0.29, 0.717) is 15.9 Å². The third-order valence-corrected chi connectivity index (χ3v) is 3.00. The van der Waals surface area contributed by atoms with Crippen LogP contribution in [0, 0.1) is 0 Å². The molecule has 0 saturated carbocycles. The van der Waals surface area contributed by atoms with E-state index < -0.39 is 0 Å². The minimum Gasteiger partial charge on any atom is -0.309 e. The molecule has 92 valence electrons. The first-order valence-electron chi connectivity index (χ1n) is 5.30. The van der Waals surface area contributed by atoms with Gasteiger partial charge in [-0.2, -0.15) is 0 Å². The highest BCUT2D eigenvalue weighted by atomic mass is 35.5. The number of benzene rings is 1. The number of aromatic nitrogens is 1. The number of pyridine rings is 1. The summed E-state index contributed by atoms with van der Waals surface area (Å²) in [6.07, 6.45) is 1.75. The van der Waals surface area contributed by atoms with Crippen LogP contribution >= 0.6 is 23.2 Å². The summed E-state index contributed by atoms with van der Waals surface area (Å²) in [6.45, 7) is 0. The van der Waals surface area contributed by atoms with Crippen LogP contribution in [0.1, 0.15) is 5.56 Å². The van der Waals surface area contributed by atoms with E-state index in [2.05, 4.69) is 10.3 Å². The minimum absolute atomic E-state index is 0.187. The van der Waals surface area contributed by atoms with Gasteiger partial charge in [0.25, 0.3) is 0 Å². The maximum atomic E-state index is 11.8. The van der Waals surface area contributed by atoms with Crippen molar-refractivity contribution in [3.8, 4) is 0 Å². The molecule has 0 spiro atoms. The second-order valence-electron chi connectivity index (χ2n) is 3.65. The molecule has 3 nitrogen and oxygen atoms in total. The second-order valence-corrected chi connectivity index (χ2v) is 4.46. The first-order valence-corrected chi connectivity index (χ1v) is 6.06. The summed E-state index contributed by atoms with van der Waals surface area (Å²) in [6, 6.07) is 10.6. The van der Waals surface area contributed by atoms with E-state index in [9.17, 15) is 4.79 Å². The highest BCUT2D eigenvalue weighted by molar-refractivity contribution is 6.33. The van der Waals surface area contributed by atoms with Gasteiger partial charge in [-0.3, -0.25) is 4.79 Å². The molecule has 1 N–H and O–H groups in total. The van der Waals surface area contributed by atoms with Crippen LogP contribution in [-0.2, 0) is 11.2 Å². The standard InChI is InChI=1S/C13H10Cl2N2O/c14-10-5-2-1-4-9(10)8-12(18)17-13-11(15)6-3-7-16-13/h1-7H,8H2,(H,16,17,18). The molecule has 0 aliphatic carbocycles. The summed E-state index contributed by atoms with van der Waals surface area (Å²) in [7, 11) is 0. The summed E-state index contributed by atoms with van der Waals surface area (Å²) in [5.74, 6) is 0.153. The number of halogens is 2. The third-order valence-electron chi connectivity index (χ3n) is 2.33. The molecule has 0 saturated heterocycles. The average molecular weight is 281 g/mol. The molecule has 1 heterocycles. The van der Waals surface area contributed by atoms with E-state index in [1.165, 1.54) is 0 Å². The van der Waals surface area contributed by atoms with Crippen LogP contribution in [0.4, 0.5) is 5.82 Å². The van der Waals surface area contributed by atoms with Crippen LogP contribution in [0.15, 0.2) is 42.6 Å². The molecule has 2 rings (SSSR count). The van der Waals surface area contributed by atoms with Gasteiger partial charge < -0.3 is 5.32 Å². The molecule has 0 radical (unpaired) electrons. The van der Waals surface area contributed by atoms with Crippen LogP contribution in [0.25, 0.3) is 0 Å². The van der Waals surface area contributed by atoms with Gasteiger partial charge >= 0.3 is 0 Å². The first kappa shape index (κ1) is 12.9. The molecule has 1 aromatic carbocycles. The fourth-order valence-corrected chi connectivity index (χ4v) is 1.84. The number of anilines is 1. The molecule has 0 atom stereocenters. The van der Waals surface area contributed by atoms with Gasteiger partial charge in [0.15, 0.2) is 5.82 Å². The highest BCUT2D eigenvalue weighted by Gasteiger charge is 2.09. The number of rotatable bonds is 3. The average Bonchev–Trinajstić information content (AvgIpc) is 2.35. The lowest BCUT2D eigenvalue weighted by Crippen LogP contribution is -2.15. The summed E-state index contributed by atoms with van der Waals surface area (Å²) >= 11 is 11.9. The Balaban J connectivity index is 2.06. The highest BCUT2D eigenvalue weighted by Crippen LogP contribution is 2.19. The Morgan fingerprint density at radius 3 is 2.56 bits per heavy atom. The van der Waals surface area contributed by atoms with Crippen LogP contribution in [-0.4, -0.2) is 10.9 Å². The zero-order chi connectivity index (χ0) is 13.0. The maximum absolute atomic E-state index is 11.8. The van der Waals surface area contributed by atoms with Crippen LogP contribution in [0.2, 0.25) is 10.0 Å². The molecule has 0 unspecified atom stereocenters. The molecular formula is C13H10Cl2N2O. The molecule has 18 heavy (non-hydrogen) atoms. The lowest BCUT2D eigenvalue weighted by atomic mass is 10.1. The Kier molecular flexibility index (Phi) is 4.18. The molecule has 1 aromatic heterocycles. The molecule has 2 aromatic rings. The summed E-state index contributed by atoms with van der Waals surface area (Å²) in [5.41, 5.74) is 0.767. The quantitative estimate of drug-likeness (QED) is 0.934. The van der Waals surface area contributed by atoms with E-state index in [4.69, 9.17) is 23.2 Å². The third kappa shape index (κ3) is 3.22. The van der Waals surface area contributed by atoms with Gasteiger partial charge in [-0.15, -0.1) is 0 Å². The van der Waals surface area contributed by atoms with Gasteiger partial charge in [-0.05, 0) is 23.8 Å². The molecule has 0 bridgehead atoms. The molecule has 0 fully saturated rings. The minimum atomic E-state index is -0.205. The number of amides is 1. The van der Waals surface area contributed by atoms with Crippen molar-refractivity contribution in [2.75, 3.05) is 5.32 Å². The van der Waals surface area contributed by atoms with Crippen molar-refractivity contribution in [1.29, 1.82) is 0 Å². The summed E-state index contributed by atoms with van der Waals surface area (Å²) in [4.78, 5) is 15.8. The van der Waals surface area contributed by atoms with Gasteiger partial charge in [0, 0.05) is 11.2 Å². The fourth-order valence-electron chi connectivity index (χ4n) is 1.47. The van der Waals surface area contributed by atoms with Crippen LogP contribution < -0.4 is 5.32 Å². The number of hydrogen-bond donors (Lipinski definition) is 1. The number of nitrogens with zero attached hydrogens (tertiary/aromatic N) is 1. The number of carbonyl (C=O) groups excluding carboxylic acids is 1. The largest absolute Gasteiger partial charge is 0.309 e. The van der Waals surface area contributed by atoms with E-state index in [0.717, 1.165) is 5.56 Å². The number of nitrogens with one attached hydrogen (secondary N) is 1. The SMILES string of the molecule is O=C(Cc1ccccc1Cl)Nc1ncccc1Cl. The lowest BCUT2D eigenvalue weighted by molar-refractivity contribution is -0.115. The summed E-state index contributed by atoms with van der Waals surface area (Å²) < 4.78 is 0. The Labute approximate surface area is 115 Å². The van der Waals surface area contributed by atoms with Gasteiger partial charge in [0.05, 0.1) is 11.4 Å². The van der Waals surface area contributed by atoms with Gasteiger partial charge in [0.2, 0.25) is 5.91 Å². The van der Waals surface area contributed by atoms with Crippen molar-refractivity contribution in [3.05, 3.63) is 58.2 Å². The van der Waals surface area contributed by atoms with Crippen molar-refractivity contribution < 1.29 is 4.79 Å². The Hall–Kier alpha value is -1.58. The molecule has 0 aliphatic rings. The molecule has 0 aliphatic heterocycles. The van der Waals surface area contributed by atoms with Crippen molar-refractivity contribution in [1.82, 2.24) is 4.98 Å². The predicted molar refractivity (Wildman–Crippen MR) is 73.0 cm³/mol. The van der Waals surface area contributed by atoms with Gasteiger partial charge in [-0.1, -0.05) is 41.4 Å². The zero-order valence-electron chi connectivity index (χ0n) is 9.36. The van der Waals surface area contributed by atoms with Crippen molar-refractivity contribution >= 4 is 34.9 Å². The Morgan fingerprint density at radius 1 is 1.11 bits per heavy atom. The van der Waals surface area contributed by atoms with E-state index >= 15 is 0 Å². The molecule has 1 amide bonds. The topological polar surface area (TPSA) is 42.0 Å². The smallest absolute Gasteiger partial charge is 0.230 e. The van der Waals surface area contributed by atoms with Crippen LogP contribution in [0.5, 0.6) is 0 Å².